The third-order valence-electron chi connectivity index (χ3n) is 5.85. The summed E-state index contributed by atoms with van der Waals surface area (Å²) in [5.74, 6) is -0.749. The second kappa shape index (κ2) is 10.2. The van der Waals surface area contributed by atoms with Crippen molar-refractivity contribution in [3.05, 3.63) is 89.4 Å². The molecular weight excluding hydrogens is 456 g/mol. The fraction of sp³-hybridized carbons (Fsp3) is 0.310. The van der Waals surface area contributed by atoms with Gasteiger partial charge in [-0.1, -0.05) is 57.2 Å². The van der Waals surface area contributed by atoms with Gasteiger partial charge in [0, 0.05) is 39.5 Å². The summed E-state index contributed by atoms with van der Waals surface area (Å²) in [6.07, 6.45) is 2.27. The number of ether oxygens (including phenoxy) is 1. The van der Waals surface area contributed by atoms with Gasteiger partial charge < -0.3 is 14.4 Å². The van der Waals surface area contributed by atoms with Crippen LogP contribution in [0.25, 0.3) is 10.9 Å². The SMILES string of the molecule is Cc1ccc(COc2ccc3c(c2)c(SC(C)(C)C)c(C(Cc2ccccc2)C(=O)O)n3C)nc1. The number of fused-ring (bicyclic) bond motifs is 1. The van der Waals surface area contributed by atoms with Gasteiger partial charge in [-0.25, -0.2) is 0 Å². The van der Waals surface area contributed by atoms with E-state index >= 15 is 0 Å². The van der Waals surface area contributed by atoms with Crippen molar-refractivity contribution in [1.82, 2.24) is 9.55 Å². The number of nitrogens with zero attached hydrogens (tertiary/aromatic N) is 2. The first-order chi connectivity index (χ1) is 16.6. The van der Waals surface area contributed by atoms with E-state index in [4.69, 9.17) is 4.74 Å². The summed E-state index contributed by atoms with van der Waals surface area (Å²) < 4.78 is 8.02. The Kier molecular flexibility index (Phi) is 7.22. The monoisotopic (exact) mass is 488 g/mol. The molecule has 182 valence electrons. The maximum atomic E-state index is 12.5. The molecule has 0 spiro atoms. The van der Waals surface area contributed by atoms with Gasteiger partial charge in [-0.3, -0.25) is 9.78 Å². The van der Waals surface area contributed by atoms with Crippen molar-refractivity contribution >= 4 is 28.6 Å². The van der Waals surface area contributed by atoms with Gasteiger partial charge >= 0.3 is 5.97 Å². The van der Waals surface area contributed by atoms with Gasteiger partial charge in [-0.2, -0.15) is 0 Å². The van der Waals surface area contributed by atoms with E-state index in [2.05, 4.69) is 25.8 Å². The molecule has 0 radical (unpaired) electrons. The first-order valence-corrected chi connectivity index (χ1v) is 12.6. The second-order valence-electron chi connectivity index (χ2n) is 9.86. The zero-order valence-electron chi connectivity index (χ0n) is 20.9. The van der Waals surface area contributed by atoms with E-state index in [9.17, 15) is 9.90 Å². The molecule has 4 aromatic rings. The molecule has 0 bridgehead atoms. The first-order valence-electron chi connectivity index (χ1n) is 11.7. The molecular formula is C29H32N2O3S. The molecule has 4 rings (SSSR count). The summed E-state index contributed by atoms with van der Waals surface area (Å²) in [6, 6.07) is 19.8. The predicted octanol–water partition coefficient (Wildman–Crippen LogP) is 6.76. The van der Waals surface area contributed by atoms with Gasteiger partial charge in [0.2, 0.25) is 0 Å². The molecule has 0 amide bonds. The van der Waals surface area contributed by atoms with Gasteiger partial charge in [-0.05, 0) is 48.7 Å². The molecule has 0 aliphatic rings. The van der Waals surface area contributed by atoms with Gasteiger partial charge in [-0.15, -0.1) is 11.8 Å². The quantitative estimate of drug-likeness (QED) is 0.278. The Hall–Kier alpha value is -3.25. The molecule has 2 aromatic carbocycles. The summed E-state index contributed by atoms with van der Waals surface area (Å²) in [6.45, 7) is 8.83. The van der Waals surface area contributed by atoms with E-state index < -0.39 is 11.9 Å². The highest BCUT2D eigenvalue weighted by atomic mass is 32.2. The summed E-state index contributed by atoms with van der Waals surface area (Å²) in [4.78, 5) is 18.0. The molecule has 0 aliphatic carbocycles. The van der Waals surface area contributed by atoms with Gasteiger partial charge in [0.1, 0.15) is 18.3 Å². The Balaban J connectivity index is 1.76. The largest absolute Gasteiger partial charge is 0.487 e. The van der Waals surface area contributed by atoms with Crippen LogP contribution in [0.2, 0.25) is 0 Å². The molecule has 1 N–H and O–H groups in total. The van der Waals surface area contributed by atoms with Gasteiger partial charge in [0.25, 0.3) is 0 Å². The van der Waals surface area contributed by atoms with Crippen LogP contribution in [0.1, 0.15) is 49.2 Å². The highest BCUT2D eigenvalue weighted by Crippen LogP contribution is 2.44. The Bertz CT molecular complexity index is 1320. The molecule has 0 saturated heterocycles. The van der Waals surface area contributed by atoms with Crippen molar-refractivity contribution in [2.24, 2.45) is 7.05 Å². The van der Waals surface area contributed by atoms with Crippen molar-refractivity contribution in [2.75, 3.05) is 0 Å². The van der Waals surface area contributed by atoms with Crippen molar-refractivity contribution in [3.8, 4) is 5.75 Å². The fourth-order valence-corrected chi connectivity index (χ4v) is 5.47. The summed E-state index contributed by atoms with van der Waals surface area (Å²) >= 11 is 1.71. The average molecular weight is 489 g/mol. The Morgan fingerprint density at radius 1 is 1.11 bits per heavy atom. The predicted molar refractivity (Wildman–Crippen MR) is 142 cm³/mol. The molecule has 0 aliphatic heterocycles. The van der Waals surface area contributed by atoms with Crippen LogP contribution in [0.4, 0.5) is 0 Å². The van der Waals surface area contributed by atoms with E-state index in [1.54, 1.807) is 11.8 Å². The van der Waals surface area contributed by atoms with E-state index in [-0.39, 0.29) is 4.75 Å². The fourth-order valence-electron chi connectivity index (χ4n) is 4.20. The van der Waals surface area contributed by atoms with Crippen LogP contribution in [-0.4, -0.2) is 25.4 Å². The van der Waals surface area contributed by atoms with Crippen molar-refractivity contribution < 1.29 is 14.6 Å². The number of hydrogen-bond acceptors (Lipinski definition) is 4. The molecule has 1 atom stereocenters. The zero-order chi connectivity index (χ0) is 25.2. The Morgan fingerprint density at radius 3 is 2.49 bits per heavy atom. The molecule has 0 fully saturated rings. The lowest BCUT2D eigenvalue weighted by Gasteiger charge is -2.21. The standard InChI is InChI=1S/C29H32N2O3S/c1-19-11-12-21(30-17-19)18-34-22-13-14-25-23(16-22)27(35-29(2,3)4)26(31(25)5)24(28(32)33)15-20-9-7-6-8-10-20/h6-14,16-17,24H,15,18H2,1-5H3,(H,32,33). The second-order valence-corrected chi connectivity index (χ2v) is 11.7. The number of benzene rings is 2. The van der Waals surface area contributed by atoms with Crippen LogP contribution in [-0.2, 0) is 24.9 Å². The van der Waals surface area contributed by atoms with Crippen LogP contribution in [0.3, 0.4) is 0 Å². The summed E-state index contributed by atoms with van der Waals surface area (Å²) in [7, 11) is 1.96. The molecule has 35 heavy (non-hydrogen) atoms. The number of hydrogen-bond donors (Lipinski definition) is 1. The smallest absolute Gasteiger partial charge is 0.312 e. The number of carboxylic acid groups (broad SMARTS) is 1. The Morgan fingerprint density at radius 2 is 1.86 bits per heavy atom. The molecule has 1 unspecified atom stereocenters. The lowest BCUT2D eigenvalue weighted by molar-refractivity contribution is -0.139. The number of aromatic nitrogens is 2. The van der Waals surface area contributed by atoms with Crippen LogP contribution < -0.4 is 4.74 Å². The molecule has 2 aromatic heterocycles. The summed E-state index contributed by atoms with van der Waals surface area (Å²) in [5.41, 5.74) is 4.80. The van der Waals surface area contributed by atoms with E-state index in [0.717, 1.165) is 44.1 Å². The number of aliphatic carboxylic acids is 1. The van der Waals surface area contributed by atoms with Crippen LogP contribution in [0, 0.1) is 6.92 Å². The van der Waals surface area contributed by atoms with Crippen molar-refractivity contribution in [2.45, 2.75) is 56.3 Å². The lowest BCUT2D eigenvalue weighted by atomic mass is 9.96. The van der Waals surface area contributed by atoms with Gasteiger partial charge in [0.05, 0.1) is 5.69 Å². The molecule has 0 saturated carbocycles. The Labute approximate surface area is 211 Å². The number of carbonyl (C=O) groups is 1. The minimum absolute atomic E-state index is 0.0957. The first kappa shape index (κ1) is 24.9. The normalized spacial score (nSPS) is 12.6. The molecule has 2 heterocycles. The van der Waals surface area contributed by atoms with E-state index in [1.807, 2.05) is 85.4 Å². The minimum atomic E-state index is -0.822. The van der Waals surface area contributed by atoms with Crippen molar-refractivity contribution in [1.29, 1.82) is 0 Å². The highest BCUT2D eigenvalue weighted by Gasteiger charge is 2.31. The topological polar surface area (TPSA) is 64.3 Å². The maximum Gasteiger partial charge on any atom is 0.312 e. The average Bonchev–Trinajstić information content (AvgIpc) is 3.07. The van der Waals surface area contributed by atoms with Crippen LogP contribution in [0.15, 0.2) is 71.8 Å². The zero-order valence-corrected chi connectivity index (χ0v) is 21.7. The van der Waals surface area contributed by atoms with Crippen molar-refractivity contribution in [3.63, 3.8) is 0 Å². The number of pyridine rings is 1. The third-order valence-corrected chi connectivity index (χ3v) is 7.09. The van der Waals surface area contributed by atoms with Gasteiger partial charge in [0.15, 0.2) is 0 Å². The molecule has 6 heteroatoms. The van der Waals surface area contributed by atoms with E-state index in [0.29, 0.717) is 13.0 Å². The lowest BCUT2D eigenvalue weighted by Crippen LogP contribution is -2.19. The maximum absolute atomic E-state index is 12.5. The molecule has 5 nitrogen and oxygen atoms in total. The number of thioether (sulfide) groups is 1. The number of carboxylic acids is 1. The van der Waals surface area contributed by atoms with Crippen LogP contribution >= 0.6 is 11.8 Å². The minimum Gasteiger partial charge on any atom is -0.487 e. The van der Waals surface area contributed by atoms with E-state index in [1.165, 1.54) is 0 Å². The van der Waals surface area contributed by atoms with Crippen LogP contribution in [0.5, 0.6) is 5.75 Å². The number of rotatable bonds is 8. The highest BCUT2D eigenvalue weighted by molar-refractivity contribution is 8.00. The third kappa shape index (κ3) is 5.88. The summed E-state index contributed by atoms with van der Waals surface area (Å²) in [5, 5.41) is 11.3. The number of aryl methyl sites for hydroxylation is 2.